The minimum Gasteiger partial charge on any atom is -0.257 e. The SMILES string of the molecule is Br.c1ccc(N2N=C(c3ccc4ccccc4n3)NN2c2ccccc2)cc1. The van der Waals surface area contributed by atoms with Crippen molar-refractivity contribution in [2.45, 2.75) is 0 Å². The van der Waals surface area contributed by atoms with Gasteiger partial charge in [0.2, 0.25) is 0 Å². The molecule has 1 N–H and O–H groups in total. The highest BCUT2D eigenvalue weighted by molar-refractivity contribution is 8.93. The van der Waals surface area contributed by atoms with Gasteiger partial charge < -0.3 is 0 Å². The summed E-state index contributed by atoms with van der Waals surface area (Å²) >= 11 is 0. The van der Waals surface area contributed by atoms with Crippen LogP contribution in [-0.2, 0) is 0 Å². The van der Waals surface area contributed by atoms with Gasteiger partial charge in [0.1, 0.15) is 5.69 Å². The Balaban J connectivity index is 0.00000192. The van der Waals surface area contributed by atoms with Gasteiger partial charge in [0.25, 0.3) is 0 Å². The van der Waals surface area contributed by atoms with E-state index in [1.807, 2.05) is 95.2 Å². The first-order chi connectivity index (χ1) is 13.4. The molecule has 1 aromatic heterocycles. The van der Waals surface area contributed by atoms with Crippen LogP contribution < -0.4 is 15.7 Å². The third-order valence-corrected chi connectivity index (χ3v) is 4.42. The van der Waals surface area contributed by atoms with E-state index in [9.17, 15) is 0 Å². The molecule has 1 aliphatic heterocycles. The van der Waals surface area contributed by atoms with Crippen LogP contribution in [0.25, 0.3) is 10.9 Å². The number of amidine groups is 1. The molecular formula is C22H18BrN5. The number of aromatic nitrogens is 1. The van der Waals surface area contributed by atoms with Gasteiger partial charge in [-0.3, -0.25) is 5.43 Å². The number of hydrazine groups is 2. The van der Waals surface area contributed by atoms with Crippen molar-refractivity contribution in [2.24, 2.45) is 5.10 Å². The van der Waals surface area contributed by atoms with Crippen molar-refractivity contribution >= 4 is 45.1 Å². The first-order valence-corrected chi connectivity index (χ1v) is 8.80. The Morgan fingerprint density at radius 2 is 1.29 bits per heavy atom. The Hall–Kier alpha value is -3.38. The number of hydrogen-bond acceptors (Lipinski definition) is 5. The van der Waals surface area contributed by atoms with Crippen molar-refractivity contribution in [3.05, 3.63) is 103 Å². The molecular weight excluding hydrogens is 414 g/mol. The second-order valence-electron chi connectivity index (χ2n) is 6.22. The third-order valence-electron chi connectivity index (χ3n) is 4.42. The van der Waals surface area contributed by atoms with Gasteiger partial charge in [-0.1, -0.05) is 60.7 Å². The van der Waals surface area contributed by atoms with Crippen LogP contribution in [0.1, 0.15) is 5.69 Å². The molecule has 0 amide bonds. The average Bonchev–Trinajstić information content (AvgIpc) is 3.20. The van der Waals surface area contributed by atoms with Crippen molar-refractivity contribution in [1.29, 1.82) is 0 Å². The van der Waals surface area contributed by atoms with Crippen LogP contribution in [-0.4, -0.2) is 10.8 Å². The number of anilines is 2. The molecule has 0 saturated carbocycles. The van der Waals surface area contributed by atoms with Crippen LogP contribution in [0.15, 0.2) is 102 Å². The lowest BCUT2D eigenvalue weighted by atomic mass is 10.2. The van der Waals surface area contributed by atoms with E-state index in [0.717, 1.165) is 28.0 Å². The predicted octanol–water partition coefficient (Wildman–Crippen LogP) is 4.92. The Kier molecular flexibility index (Phi) is 4.95. The van der Waals surface area contributed by atoms with Gasteiger partial charge in [-0.15, -0.1) is 22.1 Å². The lowest BCUT2D eigenvalue weighted by molar-refractivity contribution is 0.770. The number of hydrazone groups is 1. The highest BCUT2D eigenvalue weighted by Gasteiger charge is 2.26. The summed E-state index contributed by atoms with van der Waals surface area (Å²) in [5.41, 5.74) is 7.08. The van der Waals surface area contributed by atoms with E-state index in [1.165, 1.54) is 0 Å². The number of nitrogens with zero attached hydrogens (tertiary/aromatic N) is 4. The smallest absolute Gasteiger partial charge is 0.194 e. The van der Waals surface area contributed by atoms with Crippen LogP contribution in [0.4, 0.5) is 11.4 Å². The van der Waals surface area contributed by atoms with E-state index < -0.39 is 0 Å². The summed E-state index contributed by atoms with van der Waals surface area (Å²) in [5.74, 6) is 0.702. The second kappa shape index (κ2) is 7.70. The van der Waals surface area contributed by atoms with Gasteiger partial charge >= 0.3 is 0 Å². The Bertz CT molecular complexity index is 1120. The largest absolute Gasteiger partial charge is 0.257 e. The lowest BCUT2D eigenvalue weighted by Crippen LogP contribution is -2.44. The molecule has 4 aromatic rings. The zero-order chi connectivity index (χ0) is 18.1. The molecule has 0 fully saturated rings. The highest BCUT2D eigenvalue weighted by atomic mass is 79.9. The molecule has 0 bridgehead atoms. The van der Waals surface area contributed by atoms with Crippen molar-refractivity contribution in [2.75, 3.05) is 10.2 Å². The Labute approximate surface area is 173 Å². The van der Waals surface area contributed by atoms with Crippen LogP contribution in [0.5, 0.6) is 0 Å². The van der Waals surface area contributed by atoms with E-state index in [0.29, 0.717) is 5.84 Å². The number of benzene rings is 3. The average molecular weight is 432 g/mol. The number of para-hydroxylation sites is 3. The first kappa shape index (κ1) is 18.0. The van der Waals surface area contributed by atoms with Crippen molar-refractivity contribution in [3.63, 3.8) is 0 Å². The maximum atomic E-state index is 4.80. The van der Waals surface area contributed by atoms with Gasteiger partial charge in [0.05, 0.1) is 16.9 Å². The quantitative estimate of drug-likeness (QED) is 0.499. The van der Waals surface area contributed by atoms with E-state index in [4.69, 9.17) is 10.1 Å². The molecule has 28 heavy (non-hydrogen) atoms. The molecule has 1 aliphatic rings. The second-order valence-corrected chi connectivity index (χ2v) is 6.22. The van der Waals surface area contributed by atoms with Crippen molar-refractivity contribution in [1.82, 2.24) is 10.4 Å². The fraction of sp³-hybridized carbons (Fsp3) is 0. The standard InChI is InChI=1S/C22H17N5.BrH/c1-3-10-18(11-4-1)26-24-22(25-27(26)19-12-5-2-6-13-19)21-16-15-17-9-7-8-14-20(17)23-21;/h1-16H,(H,24,25);1H. The first-order valence-electron chi connectivity index (χ1n) is 8.80. The molecule has 0 unspecified atom stereocenters. The number of nitrogens with one attached hydrogen (secondary N) is 1. The van der Waals surface area contributed by atoms with E-state index in [2.05, 4.69) is 17.6 Å². The Morgan fingerprint density at radius 3 is 2.04 bits per heavy atom. The molecule has 0 saturated heterocycles. The minimum atomic E-state index is 0. The molecule has 6 heteroatoms. The van der Waals surface area contributed by atoms with E-state index in [-0.39, 0.29) is 17.0 Å². The van der Waals surface area contributed by atoms with Crippen LogP contribution >= 0.6 is 17.0 Å². The molecule has 0 radical (unpaired) electrons. The monoisotopic (exact) mass is 431 g/mol. The van der Waals surface area contributed by atoms with Gasteiger partial charge in [-0.2, -0.15) is 10.2 Å². The Morgan fingerprint density at radius 1 is 0.643 bits per heavy atom. The summed E-state index contributed by atoms with van der Waals surface area (Å²) < 4.78 is 0. The number of hydrogen-bond donors (Lipinski definition) is 1. The molecule has 5 rings (SSSR count). The number of fused-ring (bicyclic) bond motifs is 1. The van der Waals surface area contributed by atoms with Gasteiger partial charge in [0.15, 0.2) is 5.84 Å². The molecule has 138 valence electrons. The summed E-state index contributed by atoms with van der Waals surface area (Å²) in [6.45, 7) is 0. The molecule has 0 atom stereocenters. The fourth-order valence-corrected chi connectivity index (χ4v) is 3.09. The summed E-state index contributed by atoms with van der Waals surface area (Å²) in [6, 6.07) is 32.3. The van der Waals surface area contributed by atoms with Crippen LogP contribution in [0, 0.1) is 0 Å². The minimum absolute atomic E-state index is 0. The summed E-state index contributed by atoms with van der Waals surface area (Å²) in [6.07, 6.45) is 0. The molecule has 2 heterocycles. The normalized spacial score (nSPS) is 13.1. The zero-order valence-corrected chi connectivity index (χ0v) is 16.6. The topological polar surface area (TPSA) is 43.8 Å². The molecule has 0 spiro atoms. The summed E-state index contributed by atoms with van der Waals surface area (Å²) in [7, 11) is 0. The van der Waals surface area contributed by atoms with Gasteiger partial charge in [0, 0.05) is 5.39 Å². The van der Waals surface area contributed by atoms with Gasteiger partial charge in [-0.25, -0.2) is 4.98 Å². The van der Waals surface area contributed by atoms with Gasteiger partial charge in [-0.05, 0) is 36.4 Å². The van der Waals surface area contributed by atoms with Crippen LogP contribution in [0.2, 0.25) is 0 Å². The number of halogens is 1. The molecule has 3 aromatic carbocycles. The predicted molar refractivity (Wildman–Crippen MR) is 120 cm³/mol. The summed E-state index contributed by atoms with van der Waals surface area (Å²) in [5, 5.41) is 9.67. The highest BCUT2D eigenvalue weighted by Crippen LogP contribution is 2.25. The number of rotatable bonds is 3. The zero-order valence-electron chi connectivity index (χ0n) is 14.9. The number of pyridine rings is 1. The fourth-order valence-electron chi connectivity index (χ4n) is 3.09. The van der Waals surface area contributed by atoms with E-state index in [1.54, 1.807) is 0 Å². The summed E-state index contributed by atoms with van der Waals surface area (Å²) in [4.78, 5) is 4.77. The van der Waals surface area contributed by atoms with Crippen molar-refractivity contribution < 1.29 is 0 Å². The van der Waals surface area contributed by atoms with Crippen molar-refractivity contribution in [3.8, 4) is 0 Å². The maximum absolute atomic E-state index is 4.80. The maximum Gasteiger partial charge on any atom is 0.194 e. The van der Waals surface area contributed by atoms with E-state index >= 15 is 0 Å². The third kappa shape index (κ3) is 3.30. The molecule has 0 aliphatic carbocycles. The van der Waals surface area contributed by atoms with Crippen LogP contribution in [0.3, 0.4) is 0 Å². The molecule has 5 nitrogen and oxygen atoms in total. The lowest BCUT2D eigenvalue weighted by Gasteiger charge is -2.27.